The lowest BCUT2D eigenvalue weighted by Crippen LogP contribution is -2.37. The van der Waals surface area contributed by atoms with Gasteiger partial charge in [-0.1, -0.05) is 42.5 Å². The zero-order valence-corrected chi connectivity index (χ0v) is 23.5. The number of ether oxygens (including phenoxy) is 1. The van der Waals surface area contributed by atoms with Crippen molar-refractivity contribution < 1.29 is 14.3 Å². The van der Waals surface area contributed by atoms with Crippen molar-refractivity contribution in [3.8, 4) is 0 Å². The second kappa shape index (κ2) is 13.0. The van der Waals surface area contributed by atoms with Gasteiger partial charge in [0, 0.05) is 43.3 Å². The Morgan fingerprint density at radius 3 is 2.48 bits per heavy atom. The summed E-state index contributed by atoms with van der Waals surface area (Å²) in [6.07, 6.45) is 5.28. The zero-order chi connectivity index (χ0) is 27.9. The Morgan fingerprint density at radius 1 is 0.925 bits per heavy atom. The summed E-state index contributed by atoms with van der Waals surface area (Å²) in [5, 5.41) is 8.93. The lowest BCUT2D eigenvalue weighted by Gasteiger charge is -2.35. The molecule has 0 aliphatic carbocycles. The van der Waals surface area contributed by atoms with Gasteiger partial charge in [0.25, 0.3) is 5.91 Å². The molecule has 7 heteroatoms. The van der Waals surface area contributed by atoms with E-state index < -0.39 is 0 Å². The maximum Gasteiger partial charge on any atom is 0.323 e. The number of amides is 3. The Morgan fingerprint density at radius 2 is 1.73 bits per heavy atom. The van der Waals surface area contributed by atoms with E-state index in [0.29, 0.717) is 23.7 Å². The smallest absolute Gasteiger partial charge is 0.323 e. The van der Waals surface area contributed by atoms with Crippen LogP contribution >= 0.6 is 0 Å². The minimum Gasteiger partial charge on any atom is -0.376 e. The highest BCUT2D eigenvalue weighted by atomic mass is 16.5. The third-order valence-electron chi connectivity index (χ3n) is 8.19. The highest BCUT2D eigenvalue weighted by molar-refractivity contribution is 6.04. The molecule has 2 aliphatic heterocycles. The largest absolute Gasteiger partial charge is 0.376 e. The predicted molar refractivity (Wildman–Crippen MR) is 161 cm³/mol. The summed E-state index contributed by atoms with van der Waals surface area (Å²) in [5.41, 5.74) is 6.34. The van der Waals surface area contributed by atoms with Crippen molar-refractivity contribution in [2.45, 2.75) is 52.1 Å². The molecular formula is C33H40N4O3. The molecule has 2 aliphatic rings. The summed E-state index contributed by atoms with van der Waals surface area (Å²) in [5.74, 6) is 0.487. The minimum atomic E-state index is -0.339. The van der Waals surface area contributed by atoms with E-state index in [9.17, 15) is 9.59 Å². The summed E-state index contributed by atoms with van der Waals surface area (Å²) in [6, 6.07) is 21.8. The monoisotopic (exact) mass is 540 g/mol. The molecule has 210 valence electrons. The molecule has 0 bridgehead atoms. The number of nitrogens with one attached hydrogen (secondary N) is 3. The van der Waals surface area contributed by atoms with Crippen LogP contribution in [0.15, 0.2) is 66.7 Å². The van der Waals surface area contributed by atoms with Gasteiger partial charge in [-0.3, -0.25) is 4.79 Å². The topological polar surface area (TPSA) is 82.7 Å². The second-order valence-corrected chi connectivity index (χ2v) is 11.0. The third-order valence-corrected chi connectivity index (χ3v) is 8.19. The first-order chi connectivity index (χ1) is 19.5. The Hall–Kier alpha value is -3.84. The standard InChI is InChI=1S/C33H40N4O3/c1-23-8-6-12-30(24(23)2)36-33(39)35-27-13-14-31(29(21-27)32(38)34-22-28-11-7-19-40-28)37-17-15-26(16-18-37)20-25-9-4-3-5-10-25/h3-6,8-10,12-14,21,26,28H,7,11,15-20,22H2,1-2H3,(H,34,38)(H2,35,36,39). The SMILES string of the molecule is Cc1cccc(NC(=O)Nc2ccc(N3CCC(Cc4ccccc4)CC3)c(C(=O)NCC3CCCO3)c2)c1C. The van der Waals surface area contributed by atoms with E-state index in [1.165, 1.54) is 5.56 Å². The van der Waals surface area contributed by atoms with Crippen LogP contribution in [0.1, 0.15) is 52.7 Å². The maximum absolute atomic E-state index is 13.5. The van der Waals surface area contributed by atoms with Crippen molar-refractivity contribution in [1.82, 2.24) is 5.32 Å². The molecule has 2 saturated heterocycles. The van der Waals surface area contributed by atoms with Crippen molar-refractivity contribution in [2.75, 3.05) is 41.8 Å². The number of piperidine rings is 1. The van der Waals surface area contributed by atoms with E-state index in [4.69, 9.17) is 4.74 Å². The molecule has 0 radical (unpaired) electrons. The van der Waals surface area contributed by atoms with Crippen molar-refractivity contribution >= 4 is 29.0 Å². The number of aryl methyl sites for hydroxylation is 1. The molecule has 0 spiro atoms. The van der Waals surface area contributed by atoms with Crippen molar-refractivity contribution in [3.63, 3.8) is 0 Å². The van der Waals surface area contributed by atoms with Crippen LogP contribution in [0, 0.1) is 19.8 Å². The van der Waals surface area contributed by atoms with Gasteiger partial charge in [0.15, 0.2) is 0 Å². The molecule has 3 N–H and O–H groups in total. The molecule has 2 heterocycles. The number of carbonyl (C=O) groups excluding carboxylic acids is 2. The predicted octanol–water partition coefficient (Wildman–Crippen LogP) is 6.32. The van der Waals surface area contributed by atoms with Gasteiger partial charge in [-0.2, -0.15) is 0 Å². The number of carbonyl (C=O) groups is 2. The van der Waals surface area contributed by atoms with E-state index >= 15 is 0 Å². The fourth-order valence-corrected chi connectivity index (χ4v) is 5.68. The number of hydrogen-bond acceptors (Lipinski definition) is 4. The van der Waals surface area contributed by atoms with Crippen LogP contribution in [0.3, 0.4) is 0 Å². The molecule has 0 saturated carbocycles. The highest BCUT2D eigenvalue weighted by Gasteiger charge is 2.25. The lowest BCUT2D eigenvalue weighted by atomic mass is 9.89. The molecule has 3 aromatic rings. The summed E-state index contributed by atoms with van der Waals surface area (Å²) in [6.45, 7) is 7.02. The molecule has 40 heavy (non-hydrogen) atoms. The number of rotatable bonds is 8. The summed E-state index contributed by atoms with van der Waals surface area (Å²) in [4.78, 5) is 28.6. The van der Waals surface area contributed by atoms with Crippen LogP contribution in [-0.2, 0) is 11.2 Å². The van der Waals surface area contributed by atoms with E-state index in [2.05, 4.69) is 51.2 Å². The maximum atomic E-state index is 13.5. The zero-order valence-electron chi connectivity index (χ0n) is 23.5. The average molecular weight is 541 g/mol. The number of hydrogen-bond donors (Lipinski definition) is 3. The van der Waals surface area contributed by atoms with Crippen LogP contribution < -0.4 is 20.9 Å². The van der Waals surface area contributed by atoms with Gasteiger partial charge < -0.3 is 25.6 Å². The van der Waals surface area contributed by atoms with Gasteiger partial charge in [-0.15, -0.1) is 0 Å². The number of anilines is 3. The minimum absolute atomic E-state index is 0.0609. The lowest BCUT2D eigenvalue weighted by molar-refractivity contribution is 0.0858. The Kier molecular flexibility index (Phi) is 9.01. The number of benzene rings is 3. The van der Waals surface area contributed by atoms with Gasteiger partial charge >= 0.3 is 6.03 Å². The summed E-state index contributed by atoms with van der Waals surface area (Å²) < 4.78 is 5.71. The van der Waals surface area contributed by atoms with Crippen LogP contribution in [0.5, 0.6) is 0 Å². The Labute approximate surface area is 237 Å². The first kappa shape index (κ1) is 27.7. The van der Waals surface area contributed by atoms with Crippen molar-refractivity contribution in [1.29, 1.82) is 0 Å². The normalized spacial score (nSPS) is 17.4. The van der Waals surface area contributed by atoms with Crippen LogP contribution in [0.25, 0.3) is 0 Å². The van der Waals surface area contributed by atoms with E-state index in [0.717, 1.165) is 74.3 Å². The molecule has 5 rings (SSSR count). The Bertz CT molecular complexity index is 1310. The molecule has 1 atom stereocenters. The molecule has 3 amide bonds. The van der Waals surface area contributed by atoms with Gasteiger partial charge in [0.05, 0.1) is 11.7 Å². The first-order valence-electron chi connectivity index (χ1n) is 14.4. The molecule has 2 fully saturated rings. The van der Waals surface area contributed by atoms with Crippen LogP contribution in [-0.4, -0.2) is 44.3 Å². The first-order valence-corrected chi connectivity index (χ1v) is 14.4. The molecular weight excluding hydrogens is 500 g/mol. The fourth-order valence-electron chi connectivity index (χ4n) is 5.68. The number of nitrogens with zero attached hydrogens (tertiary/aromatic N) is 1. The van der Waals surface area contributed by atoms with Crippen molar-refractivity contribution in [2.24, 2.45) is 5.92 Å². The van der Waals surface area contributed by atoms with Gasteiger partial charge in [0.1, 0.15) is 0 Å². The van der Waals surface area contributed by atoms with Crippen LogP contribution in [0.2, 0.25) is 0 Å². The summed E-state index contributed by atoms with van der Waals surface area (Å²) in [7, 11) is 0. The van der Waals surface area contributed by atoms with E-state index in [-0.39, 0.29) is 18.0 Å². The molecule has 3 aromatic carbocycles. The molecule has 0 aromatic heterocycles. The van der Waals surface area contributed by atoms with Gasteiger partial charge in [-0.05, 0) is 92.8 Å². The second-order valence-electron chi connectivity index (χ2n) is 11.0. The van der Waals surface area contributed by atoms with E-state index in [1.54, 1.807) is 6.07 Å². The van der Waals surface area contributed by atoms with Gasteiger partial charge in [-0.25, -0.2) is 4.79 Å². The fraction of sp³-hybridized carbons (Fsp3) is 0.394. The summed E-state index contributed by atoms with van der Waals surface area (Å²) >= 11 is 0. The van der Waals surface area contributed by atoms with E-state index in [1.807, 2.05) is 44.2 Å². The number of urea groups is 1. The third kappa shape index (κ3) is 7.02. The quantitative estimate of drug-likeness (QED) is 0.312. The molecule has 1 unspecified atom stereocenters. The van der Waals surface area contributed by atoms with Crippen LogP contribution in [0.4, 0.5) is 21.9 Å². The highest BCUT2D eigenvalue weighted by Crippen LogP contribution is 2.30. The average Bonchev–Trinajstić information content (AvgIpc) is 3.49. The molecule has 7 nitrogen and oxygen atoms in total. The Balaban J connectivity index is 1.29. The van der Waals surface area contributed by atoms with Crippen molar-refractivity contribution in [3.05, 3.63) is 89.0 Å². The van der Waals surface area contributed by atoms with Gasteiger partial charge in [0.2, 0.25) is 0 Å².